The number of Topliss-reactive ketones (excluding diaryl/α,β-unsaturated/α-hetero) is 1. The third-order valence-corrected chi connectivity index (χ3v) is 4.77. The molecule has 0 fully saturated rings. The Morgan fingerprint density at radius 1 is 0.840 bits per heavy atom. The molecule has 0 spiro atoms. The number of alkyl halides is 1. The highest BCUT2D eigenvalue weighted by atomic mass is 35.5. The summed E-state index contributed by atoms with van der Waals surface area (Å²) in [6.07, 6.45) is 2.25. The summed E-state index contributed by atoms with van der Waals surface area (Å²) in [6, 6.07) is 25.7. The number of rotatable bonds is 6. The first kappa shape index (κ1) is 17.4. The van der Waals surface area contributed by atoms with Crippen LogP contribution in [0.15, 0.2) is 78.9 Å². The monoisotopic (exact) mass is 348 g/mol. The number of aryl methyl sites for hydroxylation is 1. The summed E-state index contributed by atoms with van der Waals surface area (Å²) in [5.41, 5.74) is 5.07. The molecule has 3 aromatic rings. The number of benzene rings is 3. The fourth-order valence-corrected chi connectivity index (χ4v) is 3.17. The Kier molecular flexibility index (Phi) is 5.67. The summed E-state index contributed by atoms with van der Waals surface area (Å²) < 4.78 is 0. The van der Waals surface area contributed by atoms with Gasteiger partial charge in [-0.15, -0.1) is 11.6 Å². The molecule has 25 heavy (non-hydrogen) atoms. The van der Waals surface area contributed by atoms with Crippen molar-refractivity contribution in [1.82, 2.24) is 0 Å². The maximum absolute atomic E-state index is 12.6. The molecule has 3 rings (SSSR count). The number of hydrogen-bond donors (Lipinski definition) is 0. The minimum atomic E-state index is -0.652. The van der Waals surface area contributed by atoms with E-state index in [-0.39, 0.29) is 5.78 Å². The van der Waals surface area contributed by atoms with Crippen LogP contribution in [0.3, 0.4) is 0 Å². The fraction of sp³-hybridized carbons (Fsp3) is 0.174. The summed E-state index contributed by atoms with van der Waals surface area (Å²) in [4.78, 5) is 12.6. The Balaban J connectivity index is 1.76. The molecule has 2 heteroatoms. The highest BCUT2D eigenvalue weighted by molar-refractivity contribution is 6.33. The average Bonchev–Trinajstić information content (AvgIpc) is 2.68. The van der Waals surface area contributed by atoms with E-state index in [4.69, 9.17) is 11.6 Å². The molecule has 0 aromatic heterocycles. The highest BCUT2D eigenvalue weighted by Crippen LogP contribution is 2.27. The van der Waals surface area contributed by atoms with E-state index in [1.54, 1.807) is 0 Å². The van der Waals surface area contributed by atoms with E-state index in [1.165, 1.54) is 5.56 Å². The standard InChI is InChI=1S/C23H21ClO/c1-2-6-17-9-11-18(12-10-17)19-13-15-21(16-14-19)23(25)22(24)20-7-4-3-5-8-20/h3-5,7-16,22H,2,6H2,1H3. The molecular formula is C23H21ClO. The zero-order valence-electron chi connectivity index (χ0n) is 14.3. The third kappa shape index (κ3) is 4.18. The van der Waals surface area contributed by atoms with E-state index < -0.39 is 5.38 Å². The number of halogens is 1. The van der Waals surface area contributed by atoms with Gasteiger partial charge in [-0.2, -0.15) is 0 Å². The van der Waals surface area contributed by atoms with E-state index in [0.717, 1.165) is 29.5 Å². The van der Waals surface area contributed by atoms with Crippen LogP contribution in [0.2, 0.25) is 0 Å². The van der Waals surface area contributed by atoms with Crippen molar-refractivity contribution in [3.05, 3.63) is 95.6 Å². The van der Waals surface area contributed by atoms with Crippen LogP contribution in [0.25, 0.3) is 11.1 Å². The second kappa shape index (κ2) is 8.13. The quantitative estimate of drug-likeness (QED) is 0.368. The van der Waals surface area contributed by atoms with Gasteiger partial charge in [0.25, 0.3) is 0 Å². The van der Waals surface area contributed by atoms with Gasteiger partial charge in [-0.05, 0) is 28.7 Å². The summed E-state index contributed by atoms with van der Waals surface area (Å²) >= 11 is 6.35. The molecule has 0 saturated heterocycles. The zero-order chi connectivity index (χ0) is 17.6. The summed E-state index contributed by atoms with van der Waals surface area (Å²) in [6.45, 7) is 2.18. The topological polar surface area (TPSA) is 17.1 Å². The van der Waals surface area contributed by atoms with Gasteiger partial charge in [0, 0.05) is 5.56 Å². The average molecular weight is 349 g/mol. The molecular weight excluding hydrogens is 328 g/mol. The van der Waals surface area contributed by atoms with Crippen LogP contribution in [0.1, 0.15) is 40.2 Å². The number of carbonyl (C=O) groups is 1. The van der Waals surface area contributed by atoms with Gasteiger partial charge in [0.05, 0.1) is 0 Å². The molecule has 1 nitrogen and oxygen atoms in total. The summed E-state index contributed by atoms with van der Waals surface area (Å²) in [7, 11) is 0. The smallest absolute Gasteiger partial charge is 0.185 e. The number of hydrogen-bond acceptors (Lipinski definition) is 1. The van der Waals surface area contributed by atoms with Gasteiger partial charge in [0.15, 0.2) is 5.78 Å². The van der Waals surface area contributed by atoms with Gasteiger partial charge in [0.2, 0.25) is 0 Å². The molecule has 0 N–H and O–H groups in total. The Labute approximate surface area is 154 Å². The first-order chi connectivity index (χ1) is 12.2. The van der Waals surface area contributed by atoms with E-state index in [9.17, 15) is 4.79 Å². The Hall–Kier alpha value is -2.38. The van der Waals surface area contributed by atoms with Crippen molar-refractivity contribution in [2.24, 2.45) is 0 Å². The van der Waals surface area contributed by atoms with Crippen LogP contribution in [0, 0.1) is 0 Å². The van der Waals surface area contributed by atoms with Gasteiger partial charge >= 0.3 is 0 Å². The van der Waals surface area contributed by atoms with Crippen LogP contribution >= 0.6 is 11.6 Å². The van der Waals surface area contributed by atoms with Crippen LogP contribution in [0.5, 0.6) is 0 Å². The molecule has 0 aliphatic heterocycles. The van der Waals surface area contributed by atoms with Gasteiger partial charge < -0.3 is 0 Å². The van der Waals surface area contributed by atoms with E-state index >= 15 is 0 Å². The predicted octanol–water partition coefficient (Wildman–Crippen LogP) is 6.47. The van der Waals surface area contributed by atoms with Crippen molar-refractivity contribution in [3.63, 3.8) is 0 Å². The predicted molar refractivity (Wildman–Crippen MR) is 105 cm³/mol. The second-order valence-electron chi connectivity index (χ2n) is 6.16. The molecule has 126 valence electrons. The first-order valence-corrected chi connectivity index (χ1v) is 9.05. The number of carbonyl (C=O) groups excluding carboxylic acids is 1. The second-order valence-corrected chi connectivity index (χ2v) is 6.60. The van der Waals surface area contributed by atoms with Crippen LogP contribution in [-0.4, -0.2) is 5.78 Å². The molecule has 1 unspecified atom stereocenters. The van der Waals surface area contributed by atoms with Gasteiger partial charge in [-0.1, -0.05) is 92.2 Å². The molecule has 0 heterocycles. The van der Waals surface area contributed by atoms with Crippen molar-refractivity contribution >= 4 is 17.4 Å². The lowest BCUT2D eigenvalue weighted by molar-refractivity contribution is 0.0987. The lowest BCUT2D eigenvalue weighted by atomic mass is 9.98. The molecule has 0 saturated carbocycles. The first-order valence-electron chi connectivity index (χ1n) is 8.61. The molecule has 0 bridgehead atoms. The van der Waals surface area contributed by atoms with Crippen LogP contribution in [-0.2, 0) is 6.42 Å². The number of ketones is 1. The molecule has 3 aromatic carbocycles. The van der Waals surface area contributed by atoms with E-state index in [1.807, 2.05) is 54.6 Å². The molecule has 0 amide bonds. The Bertz CT molecular complexity index is 820. The highest BCUT2D eigenvalue weighted by Gasteiger charge is 2.19. The Morgan fingerprint density at radius 3 is 1.96 bits per heavy atom. The summed E-state index contributed by atoms with van der Waals surface area (Å²) in [5, 5.41) is -0.652. The van der Waals surface area contributed by atoms with Crippen LogP contribution in [0.4, 0.5) is 0 Å². The van der Waals surface area contributed by atoms with Gasteiger partial charge in [0.1, 0.15) is 5.38 Å². The maximum Gasteiger partial charge on any atom is 0.185 e. The minimum Gasteiger partial charge on any atom is -0.292 e. The minimum absolute atomic E-state index is 0.0716. The molecule has 0 radical (unpaired) electrons. The summed E-state index contributed by atoms with van der Waals surface area (Å²) in [5.74, 6) is -0.0716. The van der Waals surface area contributed by atoms with Crippen molar-refractivity contribution in [2.75, 3.05) is 0 Å². The van der Waals surface area contributed by atoms with Gasteiger partial charge in [-0.3, -0.25) is 4.79 Å². The van der Waals surface area contributed by atoms with E-state index in [0.29, 0.717) is 5.56 Å². The van der Waals surface area contributed by atoms with Gasteiger partial charge in [-0.25, -0.2) is 0 Å². The third-order valence-electron chi connectivity index (χ3n) is 4.32. The van der Waals surface area contributed by atoms with Crippen LogP contribution < -0.4 is 0 Å². The zero-order valence-corrected chi connectivity index (χ0v) is 15.0. The lowest BCUT2D eigenvalue weighted by Gasteiger charge is -2.10. The molecule has 0 aliphatic rings. The normalized spacial score (nSPS) is 11.9. The molecule has 0 aliphatic carbocycles. The SMILES string of the molecule is CCCc1ccc(-c2ccc(C(=O)C(Cl)c3ccccc3)cc2)cc1. The molecule has 1 atom stereocenters. The maximum atomic E-state index is 12.6. The fourth-order valence-electron chi connectivity index (χ4n) is 2.90. The largest absolute Gasteiger partial charge is 0.292 e. The van der Waals surface area contributed by atoms with E-state index in [2.05, 4.69) is 31.2 Å². The van der Waals surface area contributed by atoms with Crippen molar-refractivity contribution in [3.8, 4) is 11.1 Å². The van der Waals surface area contributed by atoms with Crippen molar-refractivity contribution in [1.29, 1.82) is 0 Å². The Morgan fingerprint density at radius 2 is 1.40 bits per heavy atom. The van der Waals surface area contributed by atoms with Crippen molar-refractivity contribution < 1.29 is 4.79 Å². The van der Waals surface area contributed by atoms with Crippen molar-refractivity contribution in [2.45, 2.75) is 25.1 Å². The lowest BCUT2D eigenvalue weighted by Crippen LogP contribution is -2.07.